The molecule has 4 aliphatic rings. The van der Waals surface area contributed by atoms with Gasteiger partial charge in [0.25, 0.3) is 0 Å². The van der Waals surface area contributed by atoms with E-state index < -0.39 is 27.4 Å². The molecule has 0 bridgehead atoms. The molecule has 1 aromatic rings. The second-order valence-electron chi connectivity index (χ2n) is 10.1. The van der Waals surface area contributed by atoms with Crippen molar-refractivity contribution in [1.82, 2.24) is 10.0 Å². The maximum absolute atomic E-state index is 13.6. The number of halogens is 4. The predicted octanol–water partition coefficient (Wildman–Crippen LogP) is 3.52. The highest BCUT2D eigenvalue weighted by Crippen LogP contribution is 2.55. The molecular formula is C21H26F4N2O2S. The van der Waals surface area contributed by atoms with Crippen LogP contribution in [0.4, 0.5) is 17.6 Å². The van der Waals surface area contributed by atoms with Crippen molar-refractivity contribution >= 4 is 9.84 Å². The largest absolute Gasteiger partial charge is 0.416 e. The Hall–Kier alpha value is -1.19. The first-order valence-electron chi connectivity index (χ1n) is 10.5. The van der Waals surface area contributed by atoms with Crippen LogP contribution in [-0.2, 0) is 22.4 Å². The highest BCUT2D eigenvalue weighted by molar-refractivity contribution is 7.91. The lowest BCUT2D eigenvalue weighted by molar-refractivity contribution is -0.248. The third-order valence-electron chi connectivity index (χ3n) is 7.61. The van der Waals surface area contributed by atoms with Gasteiger partial charge in [0, 0.05) is 31.6 Å². The van der Waals surface area contributed by atoms with Crippen molar-refractivity contribution < 1.29 is 26.0 Å². The molecule has 166 valence electrons. The number of sulfone groups is 1. The van der Waals surface area contributed by atoms with E-state index in [0.29, 0.717) is 35.5 Å². The molecule has 0 amide bonds. The van der Waals surface area contributed by atoms with Gasteiger partial charge >= 0.3 is 6.18 Å². The fourth-order valence-electron chi connectivity index (χ4n) is 5.98. The van der Waals surface area contributed by atoms with Crippen molar-refractivity contribution in [2.75, 3.05) is 37.7 Å². The second kappa shape index (κ2) is 6.65. The van der Waals surface area contributed by atoms with Gasteiger partial charge < -0.3 is 0 Å². The van der Waals surface area contributed by atoms with E-state index in [9.17, 15) is 26.0 Å². The molecular weight excluding hydrogens is 420 g/mol. The van der Waals surface area contributed by atoms with E-state index in [4.69, 9.17) is 0 Å². The molecule has 0 N–H and O–H groups in total. The van der Waals surface area contributed by atoms with Crippen LogP contribution in [-0.4, -0.2) is 56.1 Å². The van der Waals surface area contributed by atoms with E-state index in [1.807, 2.05) is 0 Å². The Bertz CT molecular complexity index is 926. The quantitative estimate of drug-likeness (QED) is 0.667. The Kier molecular flexibility index (Phi) is 4.59. The van der Waals surface area contributed by atoms with Gasteiger partial charge in [-0.25, -0.2) is 22.8 Å². The summed E-state index contributed by atoms with van der Waals surface area (Å²) in [5.74, 6) is 0.0952. The summed E-state index contributed by atoms with van der Waals surface area (Å²) in [7, 11) is -2.84. The monoisotopic (exact) mass is 446 g/mol. The Morgan fingerprint density at radius 1 is 0.933 bits per heavy atom. The zero-order chi connectivity index (χ0) is 21.4. The zero-order valence-electron chi connectivity index (χ0n) is 16.7. The summed E-state index contributed by atoms with van der Waals surface area (Å²) in [6.07, 6.45) is -0.564. The molecule has 4 nitrogen and oxygen atoms in total. The van der Waals surface area contributed by atoms with Gasteiger partial charge in [-0.1, -0.05) is 0 Å². The lowest BCUT2D eigenvalue weighted by Crippen LogP contribution is -2.73. The van der Waals surface area contributed by atoms with E-state index in [1.165, 1.54) is 6.07 Å². The highest BCUT2D eigenvalue weighted by Gasteiger charge is 2.57. The first-order valence-corrected chi connectivity index (χ1v) is 12.3. The molecule has 3 saturated heterocycles. The van der Waals surface area contributed by atoms with E-state index in [1.54, 1.807) is 0 Å². The number of hydrazine groups is 1. The molecule has 1 aromatic carbocycles. The van der Waals surface area contributed by atoms with Crippen LogP contribution < -0.4 is 0 Å². The van der Waals surface area contributed by atoms with Gasteiger partial charge in [-0.15, -0.1) is 0 Å². The van der Waals surface area contributed by atoms with Crippen molar-refractivity contribution in [3.63, 3.8) is 0 Å². The molecule has 3 heterocycles. The molecule has 2 spiro atoms. The predicted molar refractivity (Wildman–Crippen MR) is 104 cm³/mol. The number of rotatable bonds is 3. The minimum atomic E-state index is -4.52. The van der Waals surface area contributed by atoms with Gasteiger partial charge in [-0.3, -0.25) is 0 Å². The van der Waals surface area contributed by atoms with Crippen molar-refractivity contribution in [2.45, 2.75) is 38.3 Å². The maximum Gasteiger partial charge on any atom is 0.416 e. The molecule has 9 heteroatoms. The van der Waals surface area contributed by atoms with Gasteiger partial charge in [0.2, 0.25) is 0 Å². The molecule has 3 aliphatic heterocycles. The van der Waals surface area contributed by atoms with Crippen LogP contribution in [0.3, 0.4) is 0 Å². The van der Waals surface area contributed by atoms with Crippen LogP contribution >= 0.6 is 0 Å². The fraction of sp³-hybridized carbons (Fsp3) is 0.714. The number of nitrogens with zero attached hydrogens (tertiary/aromatic N) is 2. The minimum Gasteiger partial charge on any atom is -0.241 e. The van der Waals surface area contributed by atoms with Crippen LogP contribution in [0.25, 0.3) is 0 Å². The van der Waals surface area contributed by atoms with Gasteiger partial charge in [0.1, 0.15) is 15.7 Å². The number of alkyl halides is 3. The van der Waals surface area contributed by atoms with E-state index in [-0.39, 0.29) is 10.8 Å². The van der Waals surface area contributed by atoms with E-state index >= 15 is 0 Å². The van der Waals surface area contributed by atoms with Crippen LogP contribution in [0.5, 0.6) is 0 Å². The van der Waals surface area contributed by atoms with Gasteiger partial charge in [0.15, 0.2) is 0 Å². The molecule has 30 heavy (non-hydrogen) atoms. The minimum absolute atomic E-state index is 0.170. The molecule has 4 fully saturated rings. The summed E-state index contributed by atoms with van der Waals surface area (Å²) in [6.45, 7) is 3.81. The molecule has 0 aromatic heterocycles. The third-order valence-corrected chi connectivity index (χ3v) is 9.26. The topological polar surface area (TPSA) is 40.6 Å². The first kappa shape index (κ1) is 20.7. The smallest absolute Gasteiger partial charge is 0.241 e. The standard InChI is InChI=1S/C21H26F4N2O2S/c22-18-7-15(6-17(8-18)21(23,24)25)5-16-9-20(10-16)13-27(14-20)26-11-19(12-26)1-3-30(28,29)4-2-19/h6-8,16H,1-5,9-14H2. The summed E-state index contributed by atoms with van der Waals surface area (Å²) in [5, 5.41) is 4.67. The third kappa shape index (κ3) is 3.77. The summed E-state index contributed by atoms with van der Waals surface area (Å²) < 4.78 is 75.5. The van der Waals surface area contributed by atoms with Crippen molar-refractivity contribution in [3.05, 3.63) is 35.1 Å². The Labute approximate surface area is 174 Å². The van der Waals surface area contributed by atoms with Crippen molar-refractivity contribution in [2.24, 2.45) is 16.7 Å². The maximum atomic E-state index is 13.6. The van der Waals surface area contributed by atoms with Crippen LogP contribution in [0.2, 0.25) is 0 Å². The Morgan fingerprint density at radius 2 is 1.50 bits per heavy atom. The van der Waals surface area contributed by atoms with E-state index in [0.717, 1.165) is 57.9 Å². The van der Waals surface area contributed by atoms with Crippen LogP contribution in [0, 0.1) is 22.6 Å². The molecule has 0 unspecified atom stereocenters. The Balaban J connectivity index is 1.09. The SMILES string of the molecule is O=S1(=O)CCC2(CC1)CN(N1CC3(CC(Cc4cc(F)cc(C(F)(F)F)c4)C3)C1)C2. The van der Waals surface area contributed by atoms with Gasteiger partial charge in [-0.2, -0.15) is 13.2 Å². The highest BCUT2D eigenvalue weighted by atomic mass is 32.2. The number of hydrogen-bond acceptors (Lipinski definition) is 4. The zero-order valence-corrected chi connectivity index (χ0v) is 17.5. The lowest BCUT2D eigenvalue weighted by Gasteiger charge is -2.66. The van der Waals surface area contributed by atoms with Crippen LogP contribution in [0.15, 0.2) is 18.2 Å². The molecule has 1 saturated carbocycles. The molecule has 0 radical (unpaired) electrons. The first-order chi connectivity index (χ1) is 14.0. The number of hydrogen-bond donors (Lipinski definition) is 0. The second-order valence-corrected chi connectivity index (χ2v) is 12.4. The van der Waals surface area contributed by atoms with Gasteiger partial charge in [-0.05, 0) is 67.2 Å². The summed E-state index contributed by atoms with van der Waals surface area (Å²) in [6, 6.07) is 2.85. The normalized spacial score (nSPS) is 28.1. The molecule has 5 rings (SSSR count). The Morgan fingerprint density at radius 3 is 2.07 bits per heavy atom. The fourth-order valence-corrected chi connectivity index (χ4v) is 7.67. The molecule has 0 atom stereocenters. The summed E-state index contributed by atoms with van der Waals surface area (Å²) in [4.78, 5) is 0. The average molecular weight is 447 g/mol. The summed E-state index contributed by atoms with van der Waals surface area (Å²) >= 11 is 0. The molecule has 1 aliphatic carbocycles. The van der Waals surface area contributed by atoms with Crippen LogP contribution in [0.1, 0.15) is 36.8 Å². The lowest BCUT2D eigenvalue weighted by atomic mass is 9.57. The van der Waals surface area contributed by atoms with Crippen molar-refractivity contribution in [3.8, 4) is 0 Å². The average Bonchev–Trinajstić information content (AvgIpc) is 2.53. The van der Waals surface area contributed by atoms with Gasteiger partial charge in [0.05, 0.1) is 17.1 Å². The van der Waals surface area contributed by atoms with Crippen molar-refractivity contribution in [1.29, 1.82) is 0 Å². The number of benzene rings is 1. The van der Waals surface area contributed by atoms with E-state index in [2.05, 4.69) is 10.0 Å². The summed E-state index contributed by atoms with van der Waals surface area (Å²) in [5.41, 5.74) is -0.0632.